The van der Waals surface area contributed by atoms with E-state index in [1.54, 1.807) is 7.11 Å². The van der Waals surface area contributed by atoms with Crippen LogP contribution in [0.15, 0.2) is 24.3 Å². The first kappa shape index (κ1) is 11.9. The first-order valence-corrected chi connectivity index (χ1v) is 5.71. The second-order valence-electron chi connectivity index (χ2n) is 4.12. The molecule has 1 aliphatic rings. The third-order valence-electron chi connectivity index (χ3n) is 3.08. The third-order valence-corrected chi connectivity index (χ3v) is 3.08. The van der Waals surface area contributed by atoms with Crippen molar-refractivity contribution in [1.29, 1.82) is 0 Å². The summed E-state index contributed by atoms with van der Waals surface area (Å²) < 4.78 is 10.9. The number of aliphatic carboxylic acids is 1. The van der Waals surface area contributed by atoms with Gasteiger partial charge in [-0.1, -0.05) is 18.2 Å². The van der Waals surface area contributed by atoms with Gasteiger partial charge in [-0.3, -0.25) is 4.79 Å². The number of rotatable bonds is 3. The summed E-state index contributed by atoms with van der Waals surface area (Å²) in [6.07, 6.45) is 1.04. The summed E-state index contributed by atoms with van der Waals surface area (Å²) in [7, 11) is 1.58. The molecule has 1 aromatic rings. The van der Waals surface area contributed by atoms with Crippen molar-refractivity contribution in [2.24, 2.45) is 5.92 Å². The smallest absolute Gasteiger partial charge is 0.309 e. The zero-order valence-corrected chi connectivity index (χ0v) is 9.76. The lowest BCUT2D eigenvalue weighted by atomic mass is 9.89. The van der Waals surface area contributed by atoms with E-state index in [1.807, 2.05) is 24.3 Å². The zero-order chi connectivity index (χ0) is 12.3. The highest BCUT2D eigenvalue weighted by Crippen LogP contribution is 2.37. The summed E-state index contributed by atoms with van der Waals surface area (Å²) in [6.45, 7) is 0.604. The number of ether oxygens (including phenoxy) is 2. The van der Waals surface area contributed by atoms with Crippen molar-refractivity contribution in [2.75, 3.05) is 13.7 Å². The van der Waals surface area contributed by atoms with Crippen LogP contribution in [0, 0.1) is 5.92 Å². The van der Waals surface area contributed by atoms with E-state index in [4.69, 9.17) is 9.47 Å². The molecule has 0 amide bonds. The van der Waals surface area contributed by atoms with Crippen LogP contribution in [0.4, 0.5) is 0 Å². The molecule has 92 valence electrons. The number of para-hydroxylation sites is 1. The Bertz CT molecular complexity index is 402. The second-order valence-corrected chi connectivity index (χ2v) is 4.12. The fraction of sp³-hybridized carbons (Fsp3) is 0.462. The van der Waals surface area contributed by atoms with Crippen molar-refractivity contribution in [1.82, 2.24) is 0 Å². The van der Waals surface area contributed by atoms with Crippen molar-refractivity contribution in [3.63, 3.8) is 0 Å². The van der Waals surface area contributed by atoms with Crippen LogP contribution in [-0.2, 0) is 9.53 Å². The number of methoxy groups -OCH3 is 1. The summed E-state index contributed by atoms with van der Waals surface area (Å²) in [5, 5.41) is 9.21. The van der Waals surface area contributed by atoms with Crippen molar-refractivity contribution < 1.29 is 19.4 Å². The average Bonchev–Trinajstić information content (AvgIpc) is 2.38. The van der Waals surface area contributed by atoms with E-state index < -0.39 is 18.0 Å². The normalized spacial score (nSPS) is 24.3. The summed E-state index contributed by atoms with van der Waals surface area (Å²) >= 11 is 0. The SMILES string of the molecule is COc1ccccc1C1OCCCC1C(=O)O. The van der Waals surface area contributed by atoms with Gasteiger partial charge in [0.2, 0.25) is 0 Å². The fourth-order valence-corrected chi connectivity index (χ4v) is 2.24. The highest BCUT2D eigenvalue weighted by atomic mass is 16.5. The molecule has 4 nitrogen and oxygen atoms in total. The average molecular weight is 236 g/mol. The Balaban J connectivity index is 2.32. The van der Waals surface area contributed by atoms with Gasteiger partial charge in [0.25, 0.3) is 0 Å². The maximum Gasteiger partial charge on any atom is 0.309 e. The van der Waals surface area contributed by atoms with Gasteiger partial charge in [-0.15, -0.1) is 0 Å². The maximum absolute atomic E-state index is 11.2. The lowest BCUT2D eigenvalue weighted by Crippen LogP contribution is -2.29. The molecule has 2 rings (SSSR count). The number of carboxylic acid groups (broad SMARTS) is 1. The van der Waals surface area contributed by atoms with Crippen LogP contribution in [-0.4, -0.2) is 24.8 Å². The minimum Gasteiger partial charge on any atom is -0.496 e. The van der Waals surface area contributed by atoms with Crippen molar-refractivity contribution in [3.8, 4) is 5.75 Å². The molecular formula is C13H16O4. The predicted octanol–water partition coefficient (Wildman–Crippen LogP) is 2.25. The van der Waals surface area contributed by atoms with E-state index in [-0.39, 0.29) is 0 Å². The largest absolute Gasteiger partial charge is 0.496 e. The van der Waals surface area contributed by atoms with Gasteiger partial charge >= 0.3 is 5.97 Å². The topological polar surface area (TPSA) is 55.8 Å². The molecule has 17 heavy (non-hydrogen) atoms. The van der Waals surface area contributed by atoms with Gasteiger partial charge in [-0.05, 0) is 18.9 Å². The molecule has 1 heterocycles. The zero-order valence-electron chi connectivity index (χ0n) is 9.76. The highest BCUT2D eigenvalue weighted by molar-refractivity contribution is 5.71. The predicted molar refractivity (Wildman–Crippen MR) is 62.0 cm³/mol. The summed E-state index contributed by atoms with van der Waals surface area (Å²) in [6, 6.07) is 7.42. The van der Waals surface area contributed by atoms with Crippen LogP contribution in [0.5, 0.6) is 5.75 Å². The molecule has 0 bridgehead atoms. The van der Waals surface area contributed by atoms with E-state index in [0.29, 0.717) is 18.8 Å². The quantitative estimate of drug-likeness (QED) is 0.874. The van der Waals surface area contributed by atoms with Crippen molar-refractivity contribution in [3.05, 3.63) is 29.8 Å². The molecule has 1 aliphatic heterocycles. The van der Waals surface area contributed by atoms with Crippen LogP contribution in [0.3, 0.4) is 0 Å². The van der Waals surface area contributed by atoms with E-state index >= 15 is 0 Å². The molecule has 0 saturated carbocycles. The number of benzene rings is 1. The minimum absolute atomic E-state index is 0.405. The lowest BCUT2D eigenvalue weighted by Gasteiger charge is -2.30. The Hall–Kier alpha value is -1.55. The number of carboxylic acids is 1. The molecule has 0 aliphatic carbocycles. The molecule has 1 N–H and O–H groups in total. The maximum atomic E-state index is 11.2. The molecule has 1 fully saturated rings. The molecule has 1 saturated heterocycles. The number of carbonyl (C=O) groups is 1. The third kappa shape index (κ3) is 2.42. The molecule has 2 atom stereocenters. The molecule has 0 spiro atoms. The van der Waals surface area contributed by atoms with Gasteiger partial charge in [0, 0.05) is 12.2 Å². The monoisotopic (exact) mass is 236 g/mol. The minimum atomic E-state index is -0.805. The van der Waals surface area contributed by atoms with Crippen LogP contribution in [0.25, 0.3) is 0 Å². The summed E-state index contributed by atoms with van der Waals surface area (Å²) in [5.74, 6) is -0.605. The van der Waals surface area contributed by atoms with Crippen LogP contribution in [0.2, 0.25) is 0 Å². The molecule has 0 aromatic heterocycles. The van der Waals surface area contributed by atoms with Crippen molar-refractivity contribution >= 4 is 5.97 Å². The molecule has 2 unspecified atom stereocenters. The van der Waals surface area contributed by atoms with Crippen LogP contribution >= 0.6 is 0 Å². The first-order chi connectivity index (χ1) is 8.24. The van der Waals surface area contributed by atoms with E-state index in [2.05, 4.69) is 0 Å². The molecule has 1 aromatic carbocycles. The molecular weight excluding hydrogens is 220 g/mol. The Morgan fingerprint density at radius 2 is 2.24 bits per heavy atom. The Morgan fingerprint density at radius 3 is 2.94 bits per heavy atom. The van der Waals surface area contributed by atoms with Crippen molar-refractivity contribution in [2.45, 2.75) is 18.9 Å². The van der Waals surface area contributed by atoms with Crippen LogP contribution < -0.4 is 4.74 Å². The van der Waals surface area contributed by atoms with Gasteiger partial charge in [-0.25, -0.2) is 0 Å². The Kier molecular flexibility index (Phi) is 3.64. The van der Waals surface area contributed by atoms with E-state index in [0.717, 1.165) is 12.0 Å². The number of hydrogen-bond donors (Lipinski definition) is 1. The van der Waals surface area contributed by atoms with Gasteiger partial charge in [0.1, 0.15) is 5.75 Å². The van der Waals surface area contributed by atoms with Gasteiger partial charge in [0.05, 0.1) is 19.1 Å². The van der Waals surface area contributed by atoms with E-state index in [9.17, 15) is 9.90 Å². The second kappa shape index (κ2) is 5.19. The Labute approximate surface area is 100 Å². The lowest BCUT2D eigenvalue weighted by molar-refractivity contribution is -0.152. The summed E-state index contributed by atoms with van der Waals surface area (Å²) in [5.41, 5.74) is 0.821. The number of hydrogen-bond acceptors (Lipinski definition) is 3. The first-order valence-electron chi connectivity index (χ1n) is 5.71. The standard InChI is InChI=1S/C13H16O4/c1-16-11-7-3-2-5-9(11)12-10(13(14)15)6-4-8-17-12/h2-3,5,7,10,12H,4,6,8H2,1H3,(H,14,15). The highest BCUT2D eigenvalue weighted by Gasteiger charge is 2.34. The van der Waals surface area contributed by atoms with Crippen LogP contribution in [0.1, 0.15) is 24.5 Å². The van der Waals surface area contributed by atoms with Gasteiger partial charge < -0.3 is 14.6 Å². The van der Waals surface area contributed by atoms with Gasteiger partial charge in [0.15, 0.2) is 0 Å². The molecule has 0 radical (unpaired) electrons. The summed E-state index contributed by atoms with van der Waals surface area (Å²) in [4.78, 5) is 11.2. The molecule has 4 heteroatoms. The van der Waals surface area contributed by atoms with Gasteiger partial charge in [-0.2, -0.15) is 0 Å². The fourth-order valence-electron chi connectivity index (χ4n) is 2.24. The van der Waals surface area contributed by atoms with E-state index in [1.165, 1.54) is 0 Å². The Morgan fingerprint density at radius 1 is 1.47 bits per heavy atom.